The van der Waals surface area contributed by atoms with E-state index < -0.39 is 10.0 Å². The monoisotopic (exact) mass is 348 g/mol. The van der Waals surface area contributed by atoms with Gasteiger partial charge in [-0.3, -0.25) is 4.90 Å². The van der Waals surface area contributed by atoms with Gasteiger partial charge >= 0.3 is 0 Å². The summed E-state index contributed by atoms with van der Waals surface area (Å²) in [5, 5.41) is 5.96. The number of sulfonamides is 1. The molecule has 1 aromatic heterocycles. The van der Waals surface area contributed by atoms with Crippen molar-refractivity contribution >= 4 is 26.5 Å². The first-order valence-electron chi connectivity index (χ1n) is 7.24. The average Bonchev–Trinajstić information content (AvgIpc) is 2.80. The topological polar surface area (TPSA) is 88.8 Å². The summed E-state index contributed by atoms with van der Waals surface area (Å²) in [6.07, 6.45) is 0. The molecule has 0 amide bonds. The van der Waals surface area contributed by atoms with Gasteiger partial charge < -0.3 is 9.64 Å². The van der Waals surface area contributed by atoms with Crippen LogP contribution in [0.4, 0.5) is 5.13 Å². The van der Waals surface area contributed by atoms with E-state index in [9.17, 15) is 8.42 Å². The molecule has 0 aliphatic carbocycles. The smallest absolute Gasteiger partial charge is 0.249 e. The number of rotatable bonds is 5. The number of hydrogen-bond acceptors (Lipinski definition) is 7. The van der Waals surface area contributed by atoms with Crippen molar-refractivity contribution in [3.63, 3.8) is 0 Å². The van der Waals surface area contributed by atoms with E-state index in [1.807, 2.05) is 0 Å². The molecule has 2 N–H and O–H groups in total. The van der Waals surface area contributed by atoms with Gasteiger partial charge in [0.25, 0.3) is 0 Å². The van der Waals surface area contributed by atoms with Gasteiger partial charge in [-0.25, -0.2) is 18.5 Å². The van der Waals surface area contributed by atoms with Crippen LogP contribution in [0.5, 0.6) is 0 Å². The number of anilines is 1. The second kappa shape index (κ2) is 6.79. The fraction of sp³-hybridized carbons (Fsp3) is 0.769. The molecule has 1 aliphatic rings. The summed E-state index contributed by atoms with van der Waals surface area (Å²) in [5.74, 6) is 0. The van der Waals surface area contributed by atoms with Gasteiger partial charge in [-0.05, 0) is 20.8 Å². The van der Waals surface area contributed by atoms with Crippen molar-refractivity contribution in [2.24, 2.45) is 5.14 Å². The molecule has 1 saturated heterocycles. The number of thiazole rings is 1. The first kappa shape index (κ1) is 17.6. The number of methoxy groups -OCH3 is 1. The van der Waals surface area contributed by atoms with Gasteiger partial charge in [0.05, 0.1) is 12.3 Å². The summed E-state index contributed by atoms with van der Waals surface area (Å²) in [5.41, 5.74) is 0.476. The molecule has 0 aromatic carbocycles. The average molecular weight is 348 g/mol. The summed E-state index contributed by atoms with van der Waals surface area (Å²) < 4.78 is 28.4. The van der Waals surface area contributed by atoms with Gasteiger partial charge in [0.15, 0.2) is 9.34 Å². The number of hydrogen-bond donors (Lipinski definition) is 1. The normalized spacial score (nSPS) is 24.0. The molecule has 0 saturated carbocycles. The number of nitrogens with two attached hydrogens (primary N) is 1. The van der Waals surface area contributed by atoms with E-state index in [0.29, 0.717) is 24.4 Å². The first-order chi connectivity index (χ1) is 10.2. The third kappa shape index (κ3) is 3.77. The maximum atomic E-state index is 11.6. The molecule has 2 heterocycles. The molecule has 9 heteroatoms. The van der Waals surface area contributed by atoms with Crippen LogP contribution in [0.1, 0.15) is 19.5 Å². The Morgan fingerprint density at radius 3 is 2.41 bits per heavy atom. The molecule has 2 atom stereocenters. The highest BCUT2D eigenvalue weighted by molar-refractivity contribution is 7.91. The van der Waals surface area contributed by atoms with E-state index in [2.05, 4.69) is 28.6 Å². The highest BCUT2D eigenvalue weighted by atomic mass is 32.2. The zero-order chi connectivity index (χ0) is 16.5. The van der Waals surface area contributed by atoms with E-state index in [-0.39, 0.29) is 4.21 Å². The Hall–Kier alpha value is -0.740. The minimum Gasteiger partial charge on any atom is -0.383 e. The van der Waals surface area contributed by atoms with Crippen LogP contribution in [0.25, 0.3) is 0 Å². The van der Waals surface area contributed by atoms with Crippen LogP contribution in [-0.2, 0) is 14.8 Å². The van der Waals surface area contributed by atoms with Crippen LogP contribution >= 0.6 is 11.3 Å². The Morgan fingerprint density at radius 2 is 1.95 bits per heavy atom. The molecule has 2 rings (SSSR count). The van der Waals surface area contributed by atoms with Gasteiger partial charge in [-0.1, -0.05) is 11.3 Å². The molecule has 1 fully saturated rings. The van der Waals surface area contributed by atoms with Crippen LogP contribution in [0.2, 0.25) is 0 Å². The van der Waals surface area contributed by atoms with Gasteiger partial charge in [0.2, 0.25) is 10.0 Å². The minimum atomic E-state index is -3.70. The van der Waals surface area contributed by atoms with Crippen LogP contribution in [0.3, 0.4) is 0 Å². The highest BCUT2D eigenvalue weighted by Crippen LogP contribution is 2.31. The predicted octanol–water partition coefficient (Wildman–Crippen LogP) is 0.644. The second-order valence-electron chi connectivity index (χ2n) is 5.75. The fourth-order valence-corrected chi connectivity index (χ4v) is 4.88. The number of aryl methyl sites for hydroxylation is 1. The molecule has 0 unspecified atom stereocenters. The quantitative estimate of drug-likeness (QED) is 0.840. The van der Waals surface area contributed by atoms with E-state index in [4.69, 9.17) is 9.88 Å². The Bertz CT molecular complexity index is 605. The van der Waals surface area contributed by atoms with Crippen LogP contribution < -0.4 is 10.0 Å². The third-order valence-corrected chi connectivity index (χ3v) is 6.70. The molecule has 22 heavy (non-hydrogen) atoms. The van der Waals surface area contributed by atoms with Crippen LogP contribution in [0.15, 0.2) is 4.21 Å². The Labute approximate surface area is 136 Å². The Kier molecular flexibility index (Phi) is 5.44. The molecule has 0 radical (unpaired) electrons. The van der Waals surface area contributed by atoms with Gasteiger partial charge in [-0.2, -0.15) is 0 Å². The van der Waals surface area contributed by atoms with Crippen molar-refractivity contribution in [1.29, 1.82) is 0 Å². The number of nitrogens with zero attached hydrogens (tertiary/aromatic N) is 3. The summed E-state index contributed by atoms with van der Waals surface area (Å²) in [6.45, 7) is 9.24. The van der Waals surface area contributed by atoms with Crippen molar-refractivity contribution in [3.05, 3.63) is 5.69 Å². The van der Waals surface area contributed by atoms with Crippen molar-refractivity contribution < 1.29 is 13.2 Å². The van der Waals surface area contributed by atoms with Crippen LogP contribution in [-0.4, -0.2) is 63.7 Å². The zero-order valence-electron chi connectivity index (χ0n) is 13.4. The first-order valence-corrected chi connectivity index (χ1v) is 9.60. The molecule has 1 aliphatic heterocycles. The molecule has 7 nitrogen and oxygen atoms in total. The molecule has 126 valence electrons. The number of ether oxygens (including phenoxy) is 1. The Morgan fingerprint density at radius 1 is 1.36 bits per heavy atom. The van der Waals surface area contributed by atoms with Crippen molar-refractivity contribution in [2.45, 2.75) is 37.1 Å². The minimum absolute atomic E-state index is 0.157. The standard InChI is InChI=1S/C13H24N4O3S2/c1-9-7-16(8-10(2)17(9)5-6-20-4)13-15-11(3)12(21-13)22(14,18)19/h9-10H,5-8H2,1-4H3,(H2,14,18,19)/t9-,10+. The van der Waals surface area contributed by atoms with Gasteiger partial charge in [-0.15, -0.1) is 0 Å². The lowest BCUT2D eigenvalue weighted by molar-refractivity contribution is 0.0846. The van der Waals surface area contributed by atoms with Crippen molar-refractivity contribution in [3.8, 4) is 0 Å². The number of aromatic nitrogens is 1. The highest BCUT2D eigenvalue weighted by Gasteiger charge is 2.31. The second-order valence-corrected chi connectivity index (χ2v) is 8.48. The zero-order valence-corrected chi connectivity index (χ0v) is 15.1. The van der Waals surface area contributed by atoms with Crippen molar-refractivity contribution in [1.82, 2.24) is 9.88 Å². The summed E-state index contributed by atoms with van der Waals surface area (Å²) in [4.78, 5) is 8.95. The Balaban J connectivity index is 2.16. The summed E-state index contributed by atoms with van der Waals surface area (Å²) >= 11 is 1.15. The van der Waals surface area contributed by atoms with E-state index in [0.717, 1.165) is 36.1 Å². The van der Waals surface area contributed by atoms with Gasteiger partial charge in [0, 0.05) is 38.8 Å². The lowest BCUT2D eigenvalue weighted by Crippen LogP contribution is -2.57. The lowest BCUT2D eigenvalue weighted by Gasteiger charge is -2.44. The molecule has 0 spiro atoms. The van der Waals surface area contributed by atoms with E-state index in [1.54, 1.807) is 14.0 Å². The van der Waals surface area contributed by atoms with Crippen LogP contribution in [0, 0.1) is 6.92 Å². The summed E-state index contributed by atoms with van der Waals surface area (Å²) in [7, 11) is -1.99. The maximum absolute atomic E-state index is 11.6. The van der Waals surface area contributed by atoms with Gasteiger partial charge in [0.1, 0.15) is 0 Å². The van der Waals surface area contributed by atoms with Crippen molar-refractivity contribution in [2.75, 3.05) is 38.3 Å². The molecular formula is C13H24N4O3S2. The molecular weight excluding hydrogens is 324 g/mol. The lowest BCUT2D eigenvalue weighted by atomic mass is 10.1. The molecule has 1 aromatic rings. The van der Waals surface area contributed by atoms with E-state index in [1.165, 1.54) is 0 Å². The maximum Gasteiger partial charge on any atom is 0.249 e. The SMILES string of the molecule is COCCN1[C@H](C)CN(c2nc(C)c(S(N)(=O)=O)s2)C[C@@H]1C. The number of piperazine rings is 1. The summed E-state index contributed by atoms with van der Waals surface area (Å²) in [6, 6.07) is 0.696. The third-order valence-electron chi connectivity index (χ3n) is 3.93. The largest absolute Gasteiger partial charge is 0.383 e. The predicted molar refractivity (Wildman–Crippen MR) is 87.9 cm³/mol. The fourth-order valence-electron chi connectivity index (χ4n) is 2.92. The number of primary sulfonamides is 1. The molecule has 0 bridgehead atoms. The van der Waals surface area contributed by atoms with E-state index >= 15 is 0 Å².